The van der Waals surface area contributed by atoms with Crippen molar-refractivity contribution in [3.63, 3.8) is 0 Å². The zero-order chi connectivity index (χ0) is 18.5. The van der Waals surface area contributed by atoms with Crippen LogP contribution in [0.2, 0.25) is 0 Å². The van der Waals surface area contributed by atoms with Crippen LogP contribution in [0.25, 0.3) is 0 Å². The standard InChI is InChI=1S/C19H19N3O4/c1-19(2)9-13-17(14(23)10-19)18(15-7-8-16(26-15)22(24)25)21-12-6-4-3-5-11(12)20-13/h3-8,17-18,21H,9-10H2,1-2H3/t17?,18-/m0/s1. The number of para-hydroxylation sites is 2. The third-order valence-electron chi connectivity index (χ3n) is 4.93. The highest BCUT2D eigenvalue weighted by molar-refractivity contribution is 6.10. The number of fused-ring (bicyclic) bond motifs is 2. The van der Waals surface area contributed by atoms with Crippen molar-refractivity contribution in [1.29, 1.82) is 0 Å². The summed E-state index contributed by atoms with van der Waals surface area (Å²) in [4.78, 5) is 28.2. The first-order valence-corrected chi connectivity index (χ1v) is 8.54. The number of anilines is 1. The van der Waals surface area contributed by atoms with Gasteiger partial charge in [-0.05, 0) is 30.0 Å². The van der Waals surface area contributed by atoms with Gasteiger partial charge in [0, 0.05) is 12.1 Å². The normalized spacial score (nSPS) is 23.9. The molecule has 1 unspecified atom stereocenters. The van der Waals surface area contributed by atoms with E-state index in [0.29, 0.717) is 18.6 Å². The first-order valence-electron chi connectivity index (χ1n) is 8.54. The van der Waals surface area contributed by atoms with Crippen LogP contribution in [0.15, 0.2) is 45.8 Å². The van der Waals surface area contributed by atoms with Crippen LogP contribution < -0.4 is 5.32 Å². The maximum atomic E-state index is 13.0. The number of aliphatic imine (C=N–C) groups is 1. The molecule has 1 aromatic carbocycles. The van der Waals surface area contributed by atoms with Crippen LogP contribution in [0.3, 0.4) is 0 Å². The number of Topliss-reactive ketones (excluding diaryl/α,β-unsaturated/α-hetero) is 1. The second kappa shape index (κ2) is 5.79. The summed E-state index contributed by atoms with van der Waals surface area (Å²) < 4.78 is 5.44. The fourth-order valence-electron chi connectivity index (χ4n) is 3.86. The molecule has 1 aromatic heterocycles. The molecule has 2 atom stereocenters. The number of benzene rings is 1. The number of hydrogen-bond acceptors (Lipinski definition) is 6. The van der Waals surface area contributed by atoms with Gasteiger partial charge in [-0.1, -0.05) is 26.0 Å². The predicted octanol–water partition coefficient (Wildman–Crippen LogP) is 4.43. The Morgan fingerprint density at radius 2 is 2.00 bits per heavy atom. The van der Waals surface area contributed by atoms with Crippen molar-refractivity contribution in [3.8, 4) is 0 Å². The van der Waals surface area contributed by atoms with Gasteiger partial charge in [0.15, 0.2) is 0 Å². The van der Waals surface area contributed by atoms with Crippen molar-refractivity contribution in [2.24, 2.45) is 16.3 Å². The van der Waals surface area contributed by atoms with Crippen LogP contribution in [0.5, 0.6) is 0 Å². The molecular formula is C19H19N3O4. The number of rotatable bonds is 2. The topological polar surface area (TPSA) is 97.7 Å². The largest absolute Gasteiger partial charge is 0.433 e. The molecule has 1 fully saturated rings. The predicted molar refractivity (Wildman–Crippen MR) is 96.8 cm³/mol. The molecule has 2 heterocycles. The van der Waals surface area contributed by atoms with Crippen LogP contribution in [0.1, 0.15) is 38.5 Å². The Balaban J connectivity index is 1.84. The highest BCUT2D eigenvalue weighted by Gasteiger charge is 2.45. The molecule has 26 heavy (non-hydrogen) atoms. The van der Waals surface area contributed by atoms with E-state index >= 15 is 0 Å². The van der Waals surface area contributed by atoms with E-state index in [0.717, 1.165) is 17.1 Å². The molecule has 1 aliphatic carbocycles. The van der Waals surface area contributed by atoms with Crippen molar-refractivity contribution in [2.75, 3.05) is 5.32 Å². The maximum absolute atomic E-state index is 13.0. The number of nitrogens with one attached hydrogen (secondary N) is 1. The minimum Gasteiger partial charge on any atom is -0.404 e. The SMILES string of the molecule is CC1(C)CC(=O)C2C(=Nc3ccccc3N[C@H]2c2ccc([N+](=O)[O-])o2)C1. The summed E-state index contributed by atoms with van der Waals surface area (Å²) in [5.74, 6) is -0.383. The van der Waals surface area contributed by atoms with Crippen molar-refractivity contribution < 1.29 is 14.1 Å². The van der Waals surface area contributed by atoms with Gasteiger partial charge in [0.1, 0.15) is 16.5 Å². The minimum absolute atomic E-state index is 0.0735. The van der Waals surface area contributed by atoms with Crippen LogP contribution in [0, 0.1) is 21.4 Å². The zero-order valence-electron chi connectivity index (χ0n) is 14.6. The average Bonchev–Trinajstić information content (AvgIpc) is 2.98. The quantitative estimate of drug-likeness (QED) is 0.636. The molecule has 4 rings (SSSR count). The molecule has 134 valence electrons. The molecule has 7 heteroatoms. The Bertz CT molecular complexity index is 928. The second-order valence-corrected chi connectivity index (χ2v) is 7.64. The number of nitro groups is 1. The lowest BCUT2D eigenvalue weighted by Gasteiger charge is -2.36. The smallest absolute Gasteiger partial charge is 0.404 e. The lowest BCUT2D eigenvalue weighted by molar-refractivity contribution is -0.402. The average molecular weight is 353 g/mol. The molecule has 1 N–H and O–H groups in total. The second-order valence-electron chi connectivity index (χ2n) is 7.64. The van der Waals surface area contributed by atoms with Crippen LogP contribution in [0.4, 0.5) is 17.3 Å². The fourth-order valence-corrected chi connectivity index (χ4v) is 3.86. The molecular weight excluding hydrogens is 334 g/mol. The first-order chi connectivity index (χ1) is 12.3. The molecule has 1 aliphatic heterocycles. The number of furan rings is 1. The van der Waals surface area contributed by atoms with Gasteiger partial charge in [-0.25, -0.2) is 0 Å². The monoisotopic (exact) mass is 353 g/mol. The summed E-state index contributed by atoms with van der Waals surface area (Å²) in [6.07, 6.45) is 1.13. The molecule has 0 bridgehead atoms. The number of ketones is 1. The van der Waals surface area contributed by atoms with Crippen LogP contribution in [-0.4, -0.2) is 16.4 Å². The van der Waals surface area contributed by atoms with Gasteiger partial charge < -0.3 is 9.73 Å². The van der Waals surface area contributed by atoms with E-state index in [1.807, 2.05) is 24.3 Å². The van der Waals surface area contributed by atoms with Gasteiger partial charge in [-0.2, -0.15) is 0 Å². The van der Waals surface area contributed by atoms with Gasteiger partial charge in [0.05, 0.1) is 29.4 Å². The molecule has 2 aliphatic rings. The van der Waals surface area contributed by atoms with Crippen molar-refractivity contribution in [3.05, 3.63) is 52.3 Å². The van der Waals surface area contributed by atoms with Gasteiger partial charge >= 0.3 is 5.88 Å². The summed E-state index contributed by atoms with van der Waals surface area (Å²) in [5, 5.41) is 14.3. The summed E-state index contributed by atoms with van der Waals surface area (Å²) >= 11 is 0. The first kappa shape index (κ1) is 16.5. The van der Waals surface area contributed by atoms with E-state index < -0.39 is 16.9 Å². The van der Waals surface area contributed by atoms with Crippen molar-refractivity contribution in [2.45, 2.75) is 32.7 Å². The fraction of sp³-hybridized carbons (Fsp3) is 0.368. The Hall–Kier alpha value is -2.96. The minimum atomic E-state index is -0.574. The molecule has 0 saturated heterocycles. The Morgan fingerprint density at radius 1 is 1.23 bits per heavy atom. The summed E-state index contributed by atoms with van der Waals surface area (Å²) in [6.45, 7) is 4.11. The zero-order valence-corrected chi connectivity index (χ0v) is 14.6. The molecule has 0 spiro atoms. The molecule has 0 radical (unpaired) electrons. The van der Waals surface area contributed by atoms with Gasteiger partial charge in [0.25, 0.3) is 0 Å². The number of nitrogens with zero attached hydrogens (tertiary/aromatic N) is 2. The van der Waals surface area contributed by atoms with E-state index in [4.69, 9.17) is 9.41 Å². The van der Waals surface area contributed by atoms with Gasteiger partial charge in [-0.3, -0.25) is 19.9 Å². The number of carbonyl (C=O) groups excluding carboxylic acids is 1. The Labute approximate surface area is 150 Å². The molecule has 0 amide bonds. The lowest BCUT2D eigenvalue weighted by Crippen LogP contribution is -2.42. The molecule has 1 saturated carbocycles. The van der Waals surface area contributed by atoms with E-state index in [1.54, 1.807) is 6.07 Å². The summed E-state index contributed by atoms with van der Waals surface area (Å²) in [5.41, 5.74) is 2.18. The summed E-state index contributed by atoms with van der Waals surface area (Å²) in [6, 6.07) is 9.93. The lowest BCUT2D eigenvalue weighted by atomic mass is 9.68. The third kappa shape index (κ3) is 2.79. The highest BCUT2D eigenvalue weighted by Crippen LogP contribution is 2.45. The van der Waals surface area contributed by atoms with Gasteiger partial charge in [0.2, 0.25) is 0 Å². The van der Waals surface area contributed by atoms with Gasteiger partial charge in [-0.15, -0.1) is 0 Å². The van der Waals surface area contributed by atoms with E-state index in [9.17, 15) is 14.9 Å². The summed E-state index contributed by atoms with van der Waals surface area (Å²) in [7, 11) is 0. The highest BCUT2D eigenvalue weighted by atomic mass is 16.6. The number of carbonyl (C=O) groups is 1. The third-order valence-corrected chi connectivity index (χ3v) is 4.93. The number of hydrogen-bond donors (Lipinski definition) is 1. The van der Waals surface area contributed by atoms with Crippen LogP contribution >= 0.6 is 0 Å². The van der Waals surface area contributed by atoms with E-state index in [2.05, 4.69) is 19.2 Å². The van der Waals surface area contributed by atoms with Crippen molar-refractivity contribution >= 4 is 28.8 Å². The Morgan fingerprint density at radius 3 is 2.73 bits per heavy atom. The van der Waals surface area contributed by atoms with Crippen LogP contribution in [-0.2, 0) is 4.79 Å². The molecule has 2 aromatic rings. The maximum Gasteiger partial charge on any atom is 0.433 e. The van der Waals surface area contributed by atoms with E-state index in [1.165, 1.54) is 6.07 Å². The van der Waals surface area contributed by atoms with Crippen molar-refractivity contribution in [1.82, 2.24) is 0 Å². The Kier molecular flexibility index (Phi) is 3.68. The molecule has 7 nitrogen and oxygen atoms in total. The van der Waals surface area contributed by atoms with E-state index in [-0.39, 0.29) is 17.1 Å².